The molecule has 1 aromatic carbocycles. The fourth-order valence-corrected chi connectivity index (χ4v) is 3.09. The van der Waals surface area contributed by atoms with Gasteiger partial charge >= 0.3 is 0 Å². The first kappa shape index (κ1) is 15.5. The van der Waals surface area contributed by atoms with Crippen molar-refractivity contribution in [2.75, 3.05) is 0 Å². The zero-order valence-electron chi connectivity index (χ0n) is 12.0. The van der Waals surface area contributed by atoms with Gasteiger partial charge in [-0.05, 0) is 35.2 Å². The predicted octanol–water partition coefficient (Wildman–Crippen LogP) is 5.13. The second kappa shape index (κ2) is 6.25. The van der Waals surface area contributed by atoms with Gasteiger partial charge in [0.25, 0.3) is 0 Å². The molecule has 108 valence electrons. The molecule has 4 heteroatoms. The molecule has 0 saturated heterocycles. The van der Waals surface area contributed by atoms with E-state index >= 15 is 0 Å². The van der Waals surface area contributed by atoms with Crippen LogP contribution >= 0.6 is 22.9 Å². The van der Waals surface area contributed by atoms with E-state index in [0.29, 0.717) is 6.54 Å². The number of hydrogen-bond donors (Lipinski definition) is 1. The molecule has 0 radical (unpaired) electrons. The van der Waals surface area contributed by atoms with E-state index in [1.54, 1.807) is 12.1 Å². The Balaban J connectivity index is 1.89. The standard InChI is InChI=1S/C16H19ClFNS/c1-16(2,3)15-7-5-12(20-15)10-19-9-11-4-6-14(18)13(17)8-11/h4-8,19H,9-10H2,1-3H3. The lowest BCUT2D eigenvalue weighted by molar-refractivity contribution is 0.604. The van der Waals surface area contributed by atoms with Crippen molar-refractivity contribution in [1.29, 1.82) is 0 Å². The summed E-state index contributed by atoms with van der Waals surface area (Å²) >= 11 is 7.59. The Kier molecular flexibility index (Phi) is 4.84. The van der Waals surface area contributed by atoms with Gasteiger partial charge in [0.2, 0.25) is 0 Å². The molecule has 20 heavy (non-hydrogen) atoms. The van der Waals surface area contributed by atoms with Crippen LogP contribution in [0.3, 0.4) is 0 Å². The first-order valence-electron chi connectivity index (χ1n) is 6.60. The van der Waals surface area contributed by atoms with Gasteiger partial charge in [-0.1, -0.05) is 38.4 Å². The smallest absolute Gasteiger partial charge is 0.141 e. The molecule has 0 bridgehead atoms. The van der Waals surface area contributed by atoms with E-state index in [9.17, 15) is 4.39 Å². The van der Waals surface area contributed by atoms with Crippen molar-refractivity contribution in [3.05, 3.63) is 56.5 Å². The fourth-order valence-electron chi connectivity index (χ4n) is 1.86. The summed E-state index contributed by atoms with van der Waals surface area (Å²) in [5, 5.41) is 3.54. The van der Waals surface area contributed by atoms with E-state index < -0.39 is 0 Å². The van der Waals surface area contributed by atoms with Gasteiger partial charge in [0.05, 0.1) is 5.02 Å². The van der Waals surface area contributed by atoms with Crippen molar-refractivity contribution in [1.82, 2.24) is 5.32 Å². The lowest BCUT2D eigenvalue weighted by Crippen LogP contribution is -2.12. The molecule has 1 aromatic heterocycles. The van der Waals surface area contributed by atoms with E-state index in [1.165, 1.54) is 15.8 Å². The van der Waals surface area contributed by atoms with Crippen LogP contribution in [-0.4, -0.2) is 0 Å². The van der Waals surface area contributed by atoms with Crippen molar-refractivity contribution < 1.29 is 4.39 Å². The fraction of sp³-hybridized carbons (Fsp3) is 0.375. The van der Waals surface area contributed by atoms with Gasteiger partial charge < -0.3 is 5.32 Å². The zero-order chi connectivity index (χ0) is 14.8. The maximum absolute atomic E-state index is 13.0. The van der Waals surface area contributed by atoms with E-state index in [4.69, 9.17) is 11.6 Å². The Morgan fingerprint density at radius 3 is 2.50 bits per heavy atom. The summed E-state index contributed by atoms with van der Waals surface area (Å²) < 4.78 is 13.0. The summed E-state index contributed by atoms with van der Waals surface area (Å²) in [4.78, 5) is 2.70. The van der Waals surface area contributed by atoms with Crippen LogP contribution in [0.15, 0.2) is 30.3 Å². The molecule has 0 spiro atoms. The first-order valence-corrected chi connectivity index (χ1v) is 7.79. The molecule has 1 heterocycles. The average Bonchev–Trinajstić information content (AvgIpc) is 2.82. The molecule has 2 rings (SSSR count). The van der Waals surface area contributed by atoms with E-state index in [2.05, 4.69) is 38.2 Å². The number of hydrogen-bond acceptors (Lipinski definition) is 2. The van der Waals surface area contributed by atoms with E-state index in [-0.39, 0.29) is 16.3 Å². The second-order valence-electron chi connectivity index (χ2n) is 5.87. The Labute approximate surface area is 128 Å². The Morgan fingerprint density at radius 2 is 1.90 bits per heavy atom. The lowest BCUT2D eigenvalue weighted by Gasteiger charge is -2.15. The third-order valence-electron chi connectivity index (χ3n) is 3.01. The molecule has 0 unspecified atom stereocenters. The van der Waals surface area contributed by atoms with Crippen molar-refractivity contribution in [2.45, 2.75) is 39.3 Å². The SMILES string of the molecule is CC(C)(C)c1ccc(CNCc2ccc(F)c(Cl)c2)s1. The summed E-state index contributed by atoms with van der Waals surface area (Å²) in [6, 6.07) is 9.18. The van der Waals surface area contributed by atoms with Crippen LogP contribution in [0.25, 0.3) is 0 Å². The summed E-state index contributed by atoms with van der Waals surface area (Å²) in [6.45, 7) is 8.15. The molecule has 1 nitrogen and oxygen atoms in total. The third-order valence-corrected chi connectivity index (χ3v) is 4.81. The molecule has 0 fully saturated rings. The summed E-state index contributed by atoms with van der Waals surface area (Å²) in [6.07, 6.45) is 0. The minimum absolute atomic E-state index is 0.176. The van der Waals surface area contributed by atoms with Gasteiger partial charge in [0, 0.05) is 22.8 Å². The summed E-state index contributed by atoms with van der Waals surface area (Å²) in [5.74, 6) is -0.372. The van der Waals surface area contributed by atoms with Crippen LogP contribution in [0, 0.1) is 5.82 Å². The Hall–Kier alpha value is -0.900. The monoisotopic (exact) mass is 311 g/mol. The Morgan fingerprint density at radius 1 is 1.15 bits per heavy atom. The van der Waals surface area contributed by atoms with Crippen molar-refractivity contribution >= 4 is 22.9 Å². The highest BCUT2D eigenvalue weighted by atomic mass is 35.5. The maximum atomic E-state index is 13.0. The number of rotatable bonds is 4. The highest BCUT2D eigenvalue weighted by molar-refractivity contribution is 7.12. The van der Waals surface area contributed by atoms with Crippen LogP contribution < -0.4 is 5.32 Å². The molecular formula is C16H19ClFNS. The molecule has 1 N–H and O–H groups in total. The second-order valence-corrected chi connectivity index (χ2v) is 7.44. The number of nitrogens with one attached hydrogen (secondary N) is 1. The highest BCUT2D eigenvalue weighted by Gasteiger charge is 2.15. The largest absolute Gasteiger partial charge is 0.308 e. The summed E-state index contributed by atoms with van der Waals surface area (Å²) in [7, 11) is 0. The molecule has 0 atom stereocenters. The molecular weight excluding hydrogens is 293 g/mol. The van der Waals surface area contributed by atoms with Gasteiger partial charge in [-0.25, -0.2) is 4.39 Å². The average molecular weight is 312 g/mol. The molecule has 0 saturated carbocycles. The van der Waals surface area contributed by atoms with Crippen molar-refractivity contribution in [2.24, 2.45) is 0 Å². The van der Waals surface area contributed by atoms with Crippen LogP contribution in [0.5, 0.6) is 0 Å². The predicted molar refractivity (Wildman–Crippen MR) is 85.0 cm³/mol. The lowest BCUT2D eigenvalue weighted by atomic mass is 9.95. The quantitative estimate of drug-likeness (QED) is 0.825. The maximum Gasteiger partial charge on any atom is 0.141 e. The minimum Gasteiger partial charge on any atom is -0.308 e. The van der Waals surface area contributed by atoms with Crippen LogP contribution in [0.4, 0.5) is 4.39 Å². The van der Waals surface area contributed by atoms with Crippen molar-refractivity contribution in [3.8, 4) is 0 Å². The minimum atomic E-state index is -0.372. The number of halogens is 2. The van der Waals surface area contributed by atoms with Gasteiger partial charge in [0.15, 0.2) is 0 Å². The zero-order valence-corrected chi connectivity index (χ0v) is 13.5. The van der Waals surface area contributed by atoms with Gasteiger partial charge in [0.1, 0.15) is 5.82 Å². The number of benzene rings is 1. The number of thiophene rings is 1. The Bertz CT molecular complexity index is 586. The van der Waals surface area contributed by atoms with E-state index in [0.717, 1.165) is 12.1 Å². The summed E-state index contributed by atoms with van der Waals surface area (Å²) in [5.41, 5.74) is 1.19. The molecule has 0 aliphatic heterocycles. The van der Waals surface area contributed by atoms with Crippen molar-refractivity contribution in [3.63, 3.8) is 0 Å². The molecule has 0 amide bonds. The third kappa shape index (κ3) is 4.05. The van der Waals surface area contributed by atoms with Gasteiger partial charge in [-0.2, -0.15) is 0 Å². The van der Waals surface area contributed by atoms with Gasteiger partial charge in [-0.3, -0.25) is 0 Å². The van der Waals surface area contributed by atoms with Crippen LogP contribution in [-0.2, 0) is 18.5 Å². The molecule has 0 aliphatic carbocycles. The van der Waals surface area contributed by atoms with Gasteiger partial charge in [-0.15, -0.1) is 11.3 Å². The molecule has 0 aliphatic rings. The normalized spacial score (nSPS) is 11.8. The topological polar surface area (TPSA) is 12.0 Å². The van der Waals surface area contributed by atoms with E-state index in [1.807, 2.05) is 11.3 Å². The molecule has 2 aromatic rings. The van der Waals surface area contributed by atoms with Crippen LogP contribution in [0.2, 0.25) is 5.02 Å². The highest BCUT2D eigenvalue weighted by Crippen LogP contribution is 2.29. The van der Waals surface area contributed by atoms with Crippen LogP contribution in [0.1, 0.15) is 36.1 Å². The first-order chi connectivity index (χ1) is 9.36.